The molecule has 5 rings (SSSR count). The first-order chi connectivity index (χ1) is 16.7. The van der Waals surface area contributed by atoms with Crippen LogP contribution in [0.4, 0.5) is 0 Å². The van der Waals surface area contributed by atoms with Crippen molar-refractivity contribution in [3.8, 4) is 23.0 Å². The Morgan fingerprint density at radius 1 is 1.00 bits per heavy atom. The third kappa shape index (κ3) is 4.37. The number of ketones is 1. The molecule has 34 heavy (non-hydrogen) atoms. The van der Waals surface area contributed by atoms with Crippen LogP contribution in [0.2, 0.25) is 0 Å². The summed E-state index contributed by atoms with van der Waals surface area (Å²) >= 11 is 0. The first-order valence-electron chi connectivity index (χ1n) is 11.4. The minimum atomic E-state index is -0.131. The molecular weight excluding hydrogens is 430 g/mol. The molecule has 2 aliphatic rings. The lowest BCUT2D eigenvalue weighted by molar-refractivity contribution is 0.0928. The molecule has 0 bridgehead atoms. The highest BCUT2D eigenvalue weighted by Crippen LogP contribution is 2.42. The van der Waals surface area contributed by atoms with Gasteiger partial charge >= 0.3 is 0 Å². The Morgan fingerprint density at radius 3 is 2.62 bits per heavy atom. The van der Waals surface area contributed by atoms with Gasteiger partial charge in [-0.1, -0.05) is 36.4 Å². The Bertz CT molecular complexity index is 1240. The number of Topliss-reactive ketones (excluding diaryl/α,β-unsaturated/α-hetero) is 1. The van der Waals surface area contributed by atoms with Gasteiger partial charge in [0.25, 0.3) is 0 Å². The zero-order chi connectivity index (χ0) is 23.5. The van der Waals surface area contributed by atoms with E-state index < -0.39 is 0 Å². The molecule has 6 nitrogen and oxygen atoms in total. The fourth-order valence-corrected chi connectivity index (χ4v) is 4.39. The number of allylic oxidation sites excluding steroid dienone is 1. The molecule has 0 fully saturated rings. The van der Waals surface area contributed by atoms with Crippen LogP contribution >= 0.6 is 0 Å². The van der Waals surface area contributed by atoms with Crippen LogP contribution in [-0.2, 0) is 13.0 Å². The molecule has 0 N–H and O–H groups in total. The Labute approximate surface area is 199 Å². The zero-order valence-corrected chi connectivity index (χ0v) is 19.4. The molecule has 0 saturated heterocycles. The van der Waals surface area contributed by atoms with Gasteiger partial charge in [-0.15, -0.1) is 0 Å². The van der Waals surface area contributed by atoms with Crippen LogP contribution in [-0.4, -0.2) is 38.2 Å². The van der Waals surface area contributed by atoms with Crippen molar-refractivity contribution in [2.24, 2.45) is 0 Å². The molecule has 0 aliphatic carbocycles. The van der Waals surface area contributed by atoms with Crippen LogP contribution in [0.5, 0.6) is 23.0 Å². The predicted molar refractivity (Wildman–Crippen MR) is 130 cm³/mol. The minimum absolute atomic E-state index is 0.131. The lowest BCUT2D eigenvalue weighted by Crippen LogP contribution is -2.33. The topological polar surface area (TPSA) is 57.2 Å². The summed E-state index contributed by atoms with van der Waals surface area (Å²) in [6, 6.07) is 19.6. The summed E-state index contributed by atoms with van der Waals surface area (Å²) in [4.78, 5) is 15.3. The maximum atomic E-state index is 13.1. The maximum absolute atomic E-state index is 13.1. The van der Waals surface area contributed by atoms with Crippen LogP contribution in [0.3, 0.4) is 0 Å². The number of fused-ring (bicyclic) bond motifs is 3. The first kappa shape index (κ1) is 22.0. The fraction of sp³-hybridized carbons (Fsp3) is 0.250. The molecule has 0 unspecified atom stereocenters. The molecule has 174 valence electrons. The Hall–Kier alpha value is -3.77. The van der Waals surface area contributed by atoms with Crippen LogP contribution in [0, 0.1) is 0 Å². The third-order valence-corrected chi connectivity index (χ3v) is 6.17. The number of methoxy groups -OCH3 is 2. The number of carbonyl (C=O) groups excluding carboxylic acids is 1. The summed E-state index contributed by atoms with van der Waals surface area (Å²) in [5.41, 5.74) is 3.62. The summed E-state index contributed by atoms with van der Waals surface area (Å²) in [7, 11) is 3.17. The van der Waals surface area contributed by atoms with E-state index in [2.05, 4.69) is 29.2 Å². The maximum Gasteiger partial charge on any atom is 0.231 e. The van der Waals surface area contributed by atoms with Crippen molar-refractivity contribution in [2.75, 3.05) is 27.5 Å². The van der Waals surface area contributed by atoms with Gasteiger partial charge in [0.05, 0.1) is 25.3 Å². The SMILES string of the molecule is COc1ccc(/C=C2\Oc3c(ccc4c3CN(CCCc3ccccc3)CO4)C2=O)cc1OC. The van der Waals surface area contributed by atoms with Gasteiger partial charge < -0.3 is 18.9 Å². The van der Waals surface area contributed by atoms with Crippen LogP contribution in [0.15, 0.2) is 66.4 Å². The molecule has 6 heteroatoms. The summed E-state index contributed by atoms with van der Waals surface area (Å²) in [6.07, 6.45) is 3.78. The largest absolute Gasteiger partial charge is 0.493 e. The number of hydrogen-bond acceptors (Lipinski definition) is 6. The third-order valence-electron chi connectivity index (χ3n) is 6.17. The molecule has 3 aromatic rings. The van der Waals surface area contributed by atoms with E-state index in [4.69, 9.17) is 18.9 Å². The highest BCUT2D eigenvalue weighted by atomic mass is 16.5. The van der Waals surface area contributed by atoms with Gasteiger partial charge in [0.1, 0.15) is 18.2 Å². The van der Waals surface area contributed by atoms with Crippen molar-refractivity contribution in [1.82, 2.24) is 4.90 Å². The molecule has 0 atom stereocenters. The summed E-state index contributed by atoms with van der Waals surface area (Å²) < 4.78 is 22.8. The van der Waals surface area contributed by atoms with Crippen molar-refractivity contribution in [2.45, 2.75) is 19.4 Å². The van der Waals surface area contributed by atoms with Gasteiger partial charge in [0.2, 0.25) is 5.78 Å². The molecule has 2 aliphatic heterocycles. The number of hydrogen-bond donors (Lipinski definition) is 0. The Balaban J connectivity index is 1.32. The number of benzene rings is 3. The van der Waals surface area contributed by atoms with Crippen molar-refractivity contribution in [3.63, 3.8) is 0 Å². The van der Waals surface area contributed by atoms with E-state index in [1.807, 2.05) is 24.3 Å². The van der Waals surface area contributed by atoms with Crippen molar-refractivity contribution < 1.29 is 23.7 Å². The van der Waals surface area contributed by atoms with Gasteiger partial charge in [0, 0.05) is 13.1 Å². The van der Waals surface area contributed by atoms with E-state index in [1.165, 1.54) is 5.56 Å². The average Bonchev–Trinajstić information content (AvgIpc) is 3.20. The summed E-state index contributed by atoms with van der Waals surface area (Å²) in [5.74, 6) is 2.76. The Morgan fingerprint density at radius 2 is 1.82 bits per heavy atom. The molecule has 0 amide bonds. The molecule has 0 radical (unpaired) electrons. The van der Waals surface area contributed by atoms with Crippen LogP contribution in [0.25, 0.3) is 6.08 Å². The van der Waals surface area contributed by atoms with E-state index in [0.717, 1.165) is 36.3 Å². The summed E-state index contributed by atoms with van der Waals surface area (Å²) in [6.45, 7) is 2.12. The first-order valence-corrected chi connectivity index (χ1v) is 11.4. The van der Waals surface area contributed by atoms with E-state index in [1.54, 1.807) is 32.4 Å². The monoisotopic (exact) mass is 457 g/mol. The van der Waals surface area contributed by atoms with Gasteiger partial charge in [-0.25, -0.2) is 0 Å². The molecule has 2 heterocycles. The lowest BCUT2D eigenvalue weighted by atomic mass is 10.0. The van der Waals surface area contributed by atoms with Crippen molar-refractivity contribution >= 4 is 11.9 Å². The number of carbonyl (C=O) groups is 1. The smallest absolute Gasteiger partial charge is 0.231 e. The number of nitrogens with zero attached hydrogens (tertiary/aromatic N) is 1. The Kier molecular flexibility index (Phi) is 6.23. The van der Waals surface area contributed by atoms with Gasteiger partial charge in [0.15, 0.2) is 17.3 Å². The molecule has 0 aromatic heterocycles. The number of aryl methyl sites for hydroxylation is 1. The lowest BCUT2D eigenvalue weighted by Gasteiger charge is -2.29. The normalized spacial score (nSPS) is 15.9. The number of rotatable bonds is 7. The summed E-state index contributed by atoms with van der Waals surface area (Å²) in [5, 5.41) is 0. The van der Waals surface area contributed by atoms with Crippen molar-refractivity contribution in [3.05, 3.63) is 88.7 Å². The standard InChI is InChI=1S/C28H27NO5/c1-31-24-12-10-20(15-25(24)32-2)16-26-27(30)21-11-13-23-22(28(21)34-26)17-29(18-33-23)14-6-9-19-7-4-3-5-8-19/h3-5,7-8,10-13,15-16H,6,9,14,17-18H2,1-2H3/b26-16-. The molecule has 0 spiro atoms. The minimum Gasteiger partial charge on any atom is -0.493 e. The second-order valence-electron chi connectivity index (χ2n) is 8.39. The highest BCUT2D eigenvalue weighted by molar-refractivity contribution is 6.15. The van der Waals surface area contributed by atoms with Crippen LogP contribution in [0.1, 0.15) is 33.5 Å². The van der Waals surface area contributed by atoms with Gasteiger partial charge in [-0.2, -0.15) is 0 Å². The predicted octanol–water partition coefficient (Wildman–Crippen LogP) is 5.10. The molecule has 3 aromatic carbocycles. The van der Waals surface area contributed by atoms with E-state index in [9.17, 15) is 4.79 Å². The average molecular weight is 458 g/mol. The fourth-order valence-electron chi connectivity index (χ4n) is 4.39. The quantitative estimate of drug-likeness (QED) is 0.460. The van der Waals surface area contributed by atoms with Gasteiger partial charge in [-0.3, -0.25) is 9.69 Å². The number of ether oxygens (including phenoxy) is 4. The van der Waals surface area contributed by atoms with E-state index >= 15 is 0 Å². The van der Waals surface area contributed by atoms with Crippen molar-refractivity contribution in [1.29, 1.82) is 0 Å². The molecule has 0 saturated carbocycles. The van der Waals surface area contributed by atoms with Gasteiger partial charge in [-0.05, 0) is 54.3 Å². The van der Waals surface area contributed by atoms with E-state index in [0.29, 0.717) is 36.1 Å². The second-order valence-corrected chi connectivity index (χ2v) is 8.39. The molecular formula is C28H27NO5. The second kappa shape index (κ2) is 9.61. The zero-order valence-electron chi connectivity index (χ0n) is 19.4. The highest BCUT2D eigenvalue weighted by Gasteiger charge is 2.33. The van der Waals surface area contributed by atoms with E-state index in [-0.39, 0.29) is 11.5 Å². The van der Waals surface area contributed by atoms with Crippen LogP contribution < -0.4 is 18.9 Å².